The van der Waals surface area contributed by atoms with Crippen LogP contribution in [0.2, 0.25) is 0 Å². The maximum Gasteiger partial charge on any atom is 0.287 e. The van der Waals surface area contributed by atoms with Gasteiger partial charge in [-0.2, -0.15) is 0 Å². The van der Waals surface area contributed by atoms with Crippen LogP contribution in [0.15, 0.2) is 42.9 Å². The number of amides is 1. The summed E-state index contributed by atoms with van der Waals surface area (Å²) < 4.78 is 5.14. The predicted molar refractivity (Wildman–Crippen MR) is 95.3 cm³/mol. The number of pyridine rings is 2. The largest absolute Gasteiger partial charge is 0.495 e. The Morgan fingerprint density at radius 2 is 2.32 bits per heavy atom. The summed E-state index contributed by atoms with van der Waals surface area (Å²) in [5, 5.41) is 2.91. The summed E-state index contributed by atoms with van der Waals surface area (Å²) in [4.78, 5) is 27.6. The smallest absolute Gasteiger partial charge is 0.287 e. The molecule has 0 aliphatic rings. The molecule has 25 heavy (non-hydrogen) atoms. The van der Waals surface area contributed by atoms with E-state index in [0.29, 0.717) is 17.8 Å². The Morgan fingerprint density at radius 3 is 3.12 bits per heavy atom. The summed E-state index contributed by atoms with van der Waals surface area (Å²) in [5.74, 6) is 0.727. The van der Waals surface area contributed by atoms with Crippen LogP contribution in [0.4, 0.5) is 0 Å². The Bertz CT molecular complexity index is 870. The number of methoxy groups -OCH3 is 1. The van der Waals surface area contributed by atoms with E-state index in [0.717, 1.165) is 11.1 Å². The number of carbonyl (C=O) groups is 1. The molecule has 0 unspecified atom stereocenters. The highest BCUT2D eigenvalue weighted by molar-refractivity contribution is 5.93. The Kier molecular flexibility index (Phi) is 5.03. The number of ether oxygens (including phenoxy) is 1. The first kappa shape index (κ1) is 16.6. The molecular weight excluding hydrogens is 318 g/mol. The first-order valence-electron chi connectivity index (χ1n) is 7.93. The van der Waals surface area contributed by atoms with Crippen molar-refractivity contribution in [3.05, 3.63) is 54.3 Å². The van der Waals surface area contributed by atoms with Crippen molar-refractivity contribution in [1.82, 2.24) is 25.3 Å². The fourth-order valence-electron chi connectivity index (χ4n) is 2.35. The lowest BCUT2D eigenvalue weighted by Gasteiger charge is -2.10. The maximum absolute atomic E-state index is 12.3. The molecule has 3 aromatic rings. The van der Waals surface area contributed by atoms with Gasteiger partial charge in [-0.25, -0.2) is 9.97 Å². The van der Waals surface area contributed by atoms with Crippen LogP contribution in [0.25, 0.3) is 17.2 Å². The molecule has 1 atom stereocenters. The Morgan fingerprint density at radius 1 is 1.44 bits per heavy atom. The molecule has 0 aliphatic heterocycles. The van der Waals surface area contributed by atoms with Gasteiger partial charge in [0.25, 0.3) is 5.91 Å². The van der Waals surface area contributed by atoms with Gasteiger partial charge in [0.2, 0.25) is 0 Å². The maximum atomic E-state index is 12.3. The zero-order valence-corrected chi connectivity index (χ0v) is 14.1. The van der Waals surface area contributed by atoms with Gasteiger partial charge < -0.3 is 15.0 Å². The Labute approximate surface area is 145 Å². The van der Waals surface area contributed by atoms with Crippen molar-refractivity contribution in [2.75, 3.05) is 7.11 Å². The van der Waals surface area contributed by atoms with E-state index in [2.05, 4.69) is 25.3 Å². The minimum atomic E-state index is -0.248. The highest BCUT2D eigenvalue weighted by Crippen LogP contribution is 2.12. The third kappa shape index (κ3) is 4.20. The SMILES string of the molecule is COc1cncc(/C=C/C[C@H](C)NC(=O)c2nc3ncccc3[nH]2)c1. The molecule has 7 nitrogen and oxygen atoms in total. The fourth-order valence-corrected chi connectivity index (χ4v) is 2.35. The van der Waals surface area contributed by atoms with Gasteiger partial charge in [-0.1, -0.05) is 12.2 Å². The summed E-state index contributed by atoms with van der Waals surface area (Å²) in [7, 11) is 1.61. The first-order valence-corrected chi connectivity index (χ1v) is 7.93. The van der Waals surface area contributed by atoms with Crippen molar-refractivity contribution in [1.29, 1.82) is 0 Å². The number of aromatic amines is 1. The van der Waals surface area contributed by atoms with Crippen LogP contribution >= 0.6 is 0 Å². The lowest BCUT2D eigenvalue weighted by atomic mass is 10.2. The van der Waals surface area contributed by atoms with Gasteiger partial charge in [0.05, 0.1) is 18.8 Å². The van der Waals surface area contributed by atoms with Crippen LogP contribution in [0.1, 0.15) is 29.5 Å². The van der Waals surface area contributed by atoms with E-state index in [-0.39, 0.29) is 17.8 Å². The summed E-state index contributed by atoms with van der Waals surface area (Å²) in [5.41, 5.74) is 2.22. The molecular formula is C18H19N5O2. The van der Waals surface area contributed by atoms with Crippen molar-refractivity contribution in [3.8, 4) is 5.75 Å². The van der Waals surface area contributed by atoms with E-state index in [4.69, 9.17) is 4.74 Å². The molecule has 2 N–H and O–H groups in total. The van der Waals surface area contributed by atoms with Crippen molar-refractivity contribution in [2.24, 2.45) is 0 Å². The normalized spacial score (nSPS) is 12.4. The Balaban J connectivity index is 1.57. The quantitative estimate of drug-likeness (QED) is 0.721. The lowest BCUT2D eigenvalue weighted by Crippen LogP contribution is -2.32. The van der Waals surface area contributed by atoms with Crippen molar-refractivity contribution < 1.29 is 9.53 Å². The van der Waals surface area contributed by atoms with Crippen LogP contribution in [0, 0.1) is 0 Å². The van der Waals surface area contributed by atoms with Gasteiger partial charge in [-0.3, -0.25) is 9.78 Å². The highest BCUT2D eigenvalue weighted by atomic mass is 16.5. The first-order chi connectivity index (χ1) is 12.2. The van der Waals surface area contributed by atoms with Gasteiger partial charge in [0.1, 0.15) is 5.75 Å². The monoisotopic (exact) mass is 337 g/mol. The number of rotatable bonds is 6. The van der Waals surface area contributed by atoms with Crippen LogP contribution in [0.3, 0.4) is 0 Å². The van der Waals surface area contributed by atoms with Crippen LogP contribution in [-0.2, 0) is 0 Å². The second kappa shape index (κ2) is 7.57. The molecule has 0 bridgehead atoms. The number of aromatic nitrogens is 4. The molecule has 0 fully saturated rings. The van der Waals surface area contributed by atoms with E-state index in [1.54, 1.807) is 31.8 Å². The molecule has 0 radical (unpaired) electrons. The molecule has 0 aromatic carbocycles. The van der Waals surface area contributed by atoms with E-state index in [1.165, 1.54) is 0 Å². The van der Waals surface area contributed by atoms with Gasteiger partial charge in [-0.15, -0.1) is 0 Å². The molecule has 0 aliphatic carbocycles. The zero-order chi connectivity index (χ0) is 17.6. The summed E-state index contributed by atoms with van der Waals surface area (Å²) in [6.45, 7) is 1.94. The summed E-state index contributed by atoms with van der Waals surface area (Å²) in [6, 6.07) is 5.49. The van der Waals surface area contributed by atoms with Crippen LogP contribution in [0.5, 0.6) is 5.75 Å². The number of imidazole rings is 1. The fraction of sp³-hybridized carbons (Fsp3) is 0.222. The number of nitrogens with zero attached hydrogens (tertiary/aromatic N) is 3. The summed E-state index contributed by atoms with van der Waals surface area (Å²) >= 11 is 0. The van der Waals surface area contributed by atoms with Crippen molar-refractivity contribution in [2.45, 2.75) is 19.4 Å². The molecule has 1 amide bonds. The van der Waals surface area contributed by atoms with Gasteiger partial charge >= 0.3 is 0 Å². The van der Waals surface area contributed by atoms with Crippen molar-refractivity contribution >= 4 is 23.1 Å². The third-order valence-electron chi connectivity index (χ3n) is 3.62. The summed E-state index contributed by atoms with van der Waals surface area (Å²) in [6.07, 6.45) is 9.67. The minimum absolute atomic E-state index is 0.0384. The van der Waals surface area contributed by atoms with E-state index in [1.807, 2.05) is 31.2 Å². The topological polar surface area (TPSA) is 92.8 Å². The van der Waals surface area contributed by atoms with Gasteiger partial charge in [-0.05, 0) is 37.1 Å². The zero-order valence-electron chi connectivity index (χ0n) is 14.1. The third-order valence-corrected chi connectivity index (χ3v) is 3.62. The molecule has 7 heteroatoms. The molecule has 128 valence electrons. The molecule has 0 spiro atoms. The molecule has 0 saturated heterocycles. The standard InChI is InChI=1S/C18H19N5O2/c1-12(5-3-6-13-9-14(25-2)11-19-10-13)21-18(24)17-22-15-7-4-8-20-16(15)23-17/h3-4,6-12H,5H2,1-2H3,(H,21,24)(H,20,22,23)/b6-3+/t12-/m0/s1. The highest BCUT2D eigenvalue weighted by Gasteiger charge is 2.13. The minimum Gasteiger partial charge on any atom is -0.495 e. The van der Waals surface area contributed by atoms with E-state index in [9.17, 15) is 4.79 Å². The lowest BCUT2D eigenvalue weighted by molar-refractivity contribution is 0.0931. The predicted octanol–water partition coefficient (Wildman–Crippen LogP) is 2.58. The Hall–Kier alpha value is -3.22. The number of fused-ring (bicyclic) bond motifs is 1. The molecule has 3 aromatic heterocycles. The number of hydrogen-bond donors (Lipinski definition) is 2. The number of hydrogen-bond acceptors (Lipinski definition) is 5. The van der Waals surface area contributed by atoms with Crippen LogP contribution in [-0.4, -0.2) is 39.0 Å². The van der Waals surface area contributed by atoms with Crippen LogP contribution < -0.4 is 10.1 Å². The molecule has 3 heterocycles. The second-order valence-electron chi connectivity index (χ2n) is 5.63. The molecule has 0 saturated carbocycles. The van der Waals surface area contributed by atoms with E-state index < -0.39 is 0 Å². The van der Waals surface area contributed by atoms with Gasteiger partial charge in [0.15, 0.2) is 11.5 Å². The van der Waals surface area contributed by atoms with Gasteiger partial charge in [0, 0.05) is 18.4 Å². The second-order valence-corrected chi connectivity index (χ2v) is 5.63. The number of carbonyl (C=O) groups excluding carboxylic acids is 1. The van der Waals surface area contributed by atoms with Crippen molar-refractivity contribution in [3.63, 3.8) is 0 Å². The van der Waals surface area contributed by atoms with E-state index >= 15 is 0 Å². The molecule has 3 rings (SSSR count). The number of H-pyrrole nitrogens is 1. The average Bonchev–Trinajstić information content (AvgIpc) is 3.06. The number of nitrogens with one attached hydrogen (secondary N) is 2. The average molecular weight is 337 g/mol.